The lowest BCUT2D eigenvalue weighted by atomic mass is 10.1. The summed E-state index contributed by atoms with van der Waals surface area (Å²) < 4.78 is 2.06. The highest BCUT2D eigenvalue weighted by atomic mass is 15.3. The molecule has 0 spiro atoms. The molecule has 0 saturated heterocycles. The molecule has 3 nitrogen and oxygen atoms in total. The first-order valence-corrected chi connectivity index (χ1v) is 5.97. The highest BCUT2D eigenvalue weighted by Crippen LogP contribution is 2.23. The van der Waals surface area contributed by atoms with Crippen molar-refractivity contribution < 1.29 is 0 Å². The Labute approximate surface area is 102 Å². The summed E-state index contributed by atoms with van der Waals surface area (Å²) >= 11 is 0. The van der Waals surface area contributed by atoms with Crippen molar-refractivity contribution in [2.24, 2.45) is 5.73 Å². The Bertz CT molecular complexity index is 495. The lowest BCUT2D eigenvalue weighted by Crippen LogP contribution is -2.05. The summed E-state index contributed by atoms with van der Waals surface area (Å²) in [6.07, 6.45) is 0. The van der Waals surface area contributed by atoms with Gasteiger partial charge in [0.1, 0.15) is 0 Å². The molecule has 0 radical (unpaired) electrons. The second-order valence-corrected chi connectivity index (χ2v) is 4.61. The normalized spacial score (nSPS) is 11.1. The van der Waals surface area contributed by atoms with E-state index >= 15 is 0 Å². The summed E-state index contributed by atoms with van der Waals surface area (Å²) in [5.74, 6) is 0. The van der Waals surface area contributed by atoms with Gasteiger partial charge in [0, 0.05) is 12.6 Å². The Morgan fingerprint density at radius 1 is 1.24 bits per heavy atom. The maximum absolute atomic E-state index is 5.60. The third-order valence-electron chi connectivity index (χ3n) is 2.83. The zero-order chi connectivity index (χ0) is 12.4. The van der Waals surface area contributed by atoms with Crippen molar-refractivity contribution in [2.75, 3.05) is 0 Å². The molecule has 17 heavy (non-hydrogen) atoms. The second kappa shape index (κ2) is 4.72. The number of nitrogens with zero attached hydrogens (tertiary/aromatic N) is 2. The van der Waals surface area contributed by atoms with Gasteiger partial charge in [-0.25, -0.2) is 0 Å². The fourth-order valence-corrected chi connectivity index (χ4v) is 1.94. The van der Waals surface area contributed by atoms with Crippen LogP contribution < -0.4 is 5.73 Å². The molecule has 0 fully saturated rings. The van der Waals surface area contributed by atoms with Crippen LogP contribution in [0.3, 0.4) is 0 Å². The molecule has 1 aromatic heterocycles. The molecule has 0 aliphatic carbocycles. The summed E-state index contributed by atoms with van der Waals surface area (Å²) in [4.78, 5) is 0. The monoisotopic (exact) mass is 229 g/mol. The van der Waals surface area contributed by atoms with Crippen LogP contribution in [0.15, 0.2) is 30.3 Å². The quantitative estimate of drug-likeness (QED) is 0.879. The van der Waals surface area contributed by atoms with Crippen LogP contribution >= 0.6 is 0 Å². The zero-order valence-corrected chi connectivity index (χ0v) is 10.6. The number of rotatable bonds is 3. The van der Waals surface area contributed by atoms with E-state index in [1.54, 1.807) is 0 Å². The predicted octanol–water partition coefficient (Wildman–Crippen LogP) is 2.90. The van der Waals surface area contributed by atoms with Crippen LogP contribution in [0.5, 0.6) is 0 Å². The lowest BCUT2D eigenvalue weighted by molar-refractivity contribution is 0.535. The van der Waals surface area contributed by atoms with Crippen molar-refractivity contribution in [1.29, 1.82) is 0 Å². The van der Waals surface area contributed by atoms with E-state index in [0.29, 0.717) is 12.6 Å². The molecular weight excluding hydrogens is 210 g/mol. The fraction of sp³-hybridized carbons (Fsp3) is 0.357. The average molecular weight is 229 g/mol. The van der Waals surface area contributed by atoms with Gasteiger partial charge in [0.25, 0.3) is 0 Å². The van der Waals surface area contributed by atoms with Gasteiger partial charge in [-0.15, -0.1) is 0 Å². The predicted molar refractivity (Wildman–Crippen MR) is 70.7 cm³/mol. The molecule has 1 heterocycles. The smallest absolute Gasteiger partial charge is 0.0688 e. The van der Waals surface area contributed by atoms with Gasteiger partial charge in [-0.3, -0.25) is 4.68 Å². The lowest BCUT2D eigenvalue weighted by Gasteiger charge is -2.11. The molecule has 0 atom stereocenters. The van der Waals surface area contributed by atoms with E-state index in [9.17, 15) is 0 Å². The molecular formula is C14H19N3. The first-order valence-electron chi connectivity index (χ1n) is 5.97. The Balaban J connectivity index is 2.44. The van der Waals surface area contributed by atoms with Crippen LogP contribution in [0, 0.1) is 6.92 Å². The van der Waals surface area contributed by atoms with E-state index in [2.05, 4.69) is 54.0 Å². The Morgan fingerprint density at radius 3 is 2.41 bits per heavy atom. The Morgan fingerprint density at radius 2 is 1.88 bits per heavy atom. The van der Waals surface area contributed by atoms with Gasteiger partial charge in [0.2, 0.25) is 0 Å². The van der Waals surface area contributed by atoms with E-state index in [-0.39, 0.29) is 0 Å². The molecule has 3 heteroatoms. The molecule has 2 N–H and O–H groups in total. The number of aromatic nitrogens is 2. The highest BCUT2D eigenvalue weighted by molar-refractivity contribution is 5.60. The van der Waals surface area contributed by atoms with E-state index in [0.717, 1.165) is 11.3 Å². The number of hydrogen-bond acceptors (Lipinski definition) is 2. The van der Waals surface area contributed by atoms with Crippen molar-refractivity contribution in [1.82, 2.24) is 9.78 Å². The van der Waals surface area contributed by atoms with Crippen molar-refractivity contribution in [3.8, 4) is 11.3 Å². The minimum Gasteiger partial charge on any atom is -0.326 e. The van der Waals surface area contributed by atoms with Crippen molar-refractivity contribution in [3.05, 3.63) is 41.6 Å². The average Bonchev–Trinajstić information content (AvgIpc) is 2.72. The van der Waals surface area contributed by atoms with Gasteiger partial charge in [0.15, 0.2) is 0 Å². The van der Waals surface area contributed by atoms with Crippen LogP contribution in [-0.2, 0) is 6.54 Å². The first-order chi connectivity index (χ1) is 8.11. The van der Waals surface area contributed by atoms with Gasteiger partial charge in [-0.1, -0.05) is 24.3 Å². The number of hydrogen-bond donors (Lipinski definition) is 1. The molecule has 90 valence electrons. The summed E-state index contributed by atoms with van der Waals surface area (Å²) in [6, 6.07) is 10.9. The Hall–Kier alpha value is -1.61. The molecule has 1 aromatic carbocycles. The largest absolute Gasteiger partial charge is 0.326 e. The topological polar surface area (TPSA) is 43.8 Å². The van der Waals surface area contributed by atoms with Crippen molar-refractivity contribution in [2.45, 2.75) is 33.4 Å². The molecule has 0 amide bonds. The third kappa shape index (κ3) is 2.39. The van der Waals surface area contributed by atoms with Gasteiger partial charge in [-0.2, -0.15) is 5.10 Å². The highest BCUT2D eigenvalue weighted by Gasteiger charge is 2.10. The first kappa shape index (κ1) is 11.9. The molecule has 0 aliphatic rings. The maximum atomic E-state index is 5.60. The minimum atomic E-state index is 0.368. The molecule has 0 saturated carbocycles. The Kier molecular flexibility index (Phi) is 3.29. The summed E-state index contributed by atoms with van der Waals surface area (Å²) in [7, 11) is 0. The van der Waals surface area contributed by atoms with Gasteiger partial charge < -0.3 is 5.73 Å². The van der Waals surface area contributed by atoms with E-state index in [4.69, 9.17) is 5.73 Å². The molecule has 0 bridgehead atoms. The molecule has 0 aliphatic heterocycles. The van der Waals surface area contributed by atoms with Crippen LogP contribution in [0.1, 0.15) is 31.1 Å². The van der Waals surface area contributed by atoms with Crippen LogP contribution in [-0.4, -0.2) is 9.78 Å². The summed E-state index contributed by atoms with van der Waals surface area (Å²) in [5.41, 5.74) is 10.2. The third-order valence-corrected chi connectivity index (χ3v) is 2.83. The van der Waals surface area contributed by atoms with Crippen LogP contribution in [0.2, 0.25) is 0 Å². The van der Waals surface area contributed by atoms with E-state index < -0.39 is 0 Å². The van der Waals surface area contributed by atoms with Crippen molar-refractivity contribution >= 4 is 0 Å². The van der Waals surface area contributed by atoms with Crippen LogP contribution in [0.4, 0.5) is 0 Å². The zero-order valence-electron chi connectivity index (χ0n) is 10.6. The molecule has 0 unspecified atom stereocenters. The minimum absolute atomic E-state index is 0.368. The number of aryl methyl sites for hydroxylation is 1. The van der Waals surface area contributed by atoms with Gasteiger partial charge in [-0.05, 0) is 38.0 Å². The maximum Gasteiger partial charge on any atom is 0.0688 e. The van der Waals surface area contributed by atoms with Crippen molar-refractivity contribution in [3.63, 3.8) is 0 Å². The summed E-state index contributed by atoms with van der Waals surface area (Å²) in [6.45, 7) is 6.90. The summed E-state index contributed by atoms with van der Waals surface area (Å²) in [5, 5.41) is 4.52. The van der Waals surface area contributed by atoms with Gasteiger partial charge >= 0.3 is 0 Å². The molecule has 2 aromatic rings. The number of nitrogens with two attached hydrogens (primary N) is 1. The van der Waals surface area contributed by atoms with E-state index in [1.807, 2.05) is 6.92 Å². The fourth-order valence-electron chi connectivity index (χ4n) is 1.94. The van der Waals surface area contributed by atoms with Crippen LogP contribution in [0.25, 0.3) is 11.3 Å². The van der Waals surface area contributed by atoms with Gasteiger partial charge in [0.05, 0.1) is 11.4 Å². The standard InChI is InChI=1S/C14H19N3/c1-10(2)17-14(8-11(3)16-17)13-6-4-12(9-15)5-7-13/h4-8,10H,9,15H2,1-3H3. The molecule has 2 rings (SSSR count). The SMILES string of the molecule is Cc1cc(-c2ccc(CN)cc2)n(C(C)C)n1. The number of benzene rings is 1. The second-order valence-electron chi connectivity index (χ2n) is 4.61. The van der Waals surface area contributed by atoms with E-state index in [1.165, 1.54) is 11.3 Å².